The maximum Gasteiger partial charge on any atom is 0.329 e. The molecule has 462 valence electrons. The first-order valence-corrected chi connectivity index (χ1v) is 29.3. The van der Waals surface area contributed by atoms with E-state index in [0.29, 0.717) is 60.2 Å². The topological polar surface area (TPSA) is 267 Å². The number of nitrogens with zero attached hydrogens (tertiary/aromatic N) is 4. The van der Waals surface area contributed by atoms with Crippen LogP contribution in [-0.4, -0.2) is 150 Å². The lowest BCUT2D eigenvalue weighted by atomic mass is 9.87. The van der Waals surface area contributed by atoms with Crippen molar-refractivity contribution < 1.29 is 62.2 Å². The first-order chi connectivity index (χ1) is 41.0. The van der Waals surface area contributed by atoms with Crippen LogP contribution < -0.4 is 21.3 Å². The van der Waals surface area contributed by atoms with Crippen LogP contribution in [0.4, 0.5) is 5.69 Å². The third-order valence-electron chi connectivity index (χ3n) is 15.0. The van der Waals surface area contributed by atoms with Crippen LogP contribution in [0.15, 0.2) is 109 Å². The fraction of sp³-hybridized carbons (Fsp3) is 0.462. The maximum atomic E-state index is 15.2. The number of likely N-dealkylation sites (N-methyl/N-ethyl adjacent to an activating group) is 2. The molecule has 1 heterocycles. The minimum Gasteiger partial charge on any atom is -0.467 e. The summed E-state index contributed by atoms with van der Waals surface area (Å²) in [4.78, 5) is 154. The highest BCUT2D eigenvalue weighted by molar-refractivity contribution is 6.38. The molecule has 21 heteroatoms. The normalized spacial score (nSPS) is 14.4. The zero-order chi connectivity index (χ0) is 63.1. The Morgan fingerprint density at radius 2 is 1.40 bits per heavy atom. The molecule has 86 heavy (non-hydrogen) atoms. The van der Waals surface area contributed by atoms with Crippen molar-refractivity contribution >= 4 is 71.2 Å². The molecule has 5 rings (SSSR count). The second kappa shape index (κ2) is 33.1. The summed E-state index contributed by atoms with van der Waals surface area (Å²) in [6.07, 6.45) is 1.60. The Morgan fingerprint density at radius 3 is 2.03 bits per heavy atom. The molecule has 21 nitrogen and oxygen atoms in total. The number of likely N-dealkylation sites (tertiary alicyclic amines) is 1. The number of ether oxygens (including phenoxy) is 2. The number of Topliss-reactive ketones (excluding diaryl/α,β-unsaturated/α-hetero) is 1. The van der Waals surface area contributed by atoms with Gasteiger partial charge in [-0.15, -0.1) is 0 Å². The van der Waals surface area contributed by atoms with Crippen LogP contribution in [0.2, 0.25) is 0 Å². The van der Waals surface area contributed by atoms with Gasteiger partial charge in [-0.1, -0.05) is 106 Å². The molecule has 1 saturated heterocycles. The van der Waals surface area contributed by atoms with E-state index >= 15 is 4.79 Å². The Labute approximate surface area is 504 Å². The largest absolute Gasteiger partial charge is 0.467 e. The third kappa shape index (κ3) is 19.7. The van der Waals surface area contributed by atoms with E-state index in [0.717, 1.165) is 5.56 Å². The van der Waals surface area contributed by atoms with Gasteiger partial charge in [0.05, 0.1) is 5.41 Å². The van der Waals surface area contributed by atoms with Crippen LogP contribution in [0, 0.1) is 11.3 Å². The zero-order valence-electron chi connectivity index (χ0n) is 50.9. The van der Waals surface area contributed by atoms with Crippen molar-refractivity contribution in [1.82, 2.24) is 35.6 Å². The molecule has 4 aromatic rings. The summed E-state index contributed by atoms with van der Waals surface area (Å²) in [6.45, 7) is 12.8. The number of rotatable bonds is 31. The molecule has 4 aromatic carbocycles. The molecule has 0 spiro atoms. The fourth-order valence-electron chi connectivity index (χ4n) is 9.92. The van der Waals surface area contributed by atoms with Crippen molar-refractivity contribution in [2.24, 2.45) is 11.3 Å². The van der Waals surface area contributed by atoms with Crippen molar-refractivity contribution in [1.29, 1.82) is 0 Å². The molecule has 1 aliphatic heterocycles. The second-order valence-corrected chi connectivity index (χ2v) is 22.7. The summed E-state index contributed by atoms with van der Waals surface area (Å²) in [5, 5.41) is 11.3. The van der Waals surface area contributed by atoms with Gasteiger partial charge in [0.1, 0.15) is 43.4 Å². The second-order valence-electron chi connectivity index (χ2n) is 22.7. The van der Waals surface area contributed by atoms with Gasteiger partial charge in [0.2, 0.25) is 41.2 Å². The number of ketones is 1. The van der Waals surface area contributed by atoms with Crippen LogP contribution in [0.5, 0.6) is 0 Å². The number of carbonyl (C=O) groups excluding carboxylic acids is 11. The molecule has 0 radical (unpaired) electrons. The van der Waals surface area contributed by atoms with Gasteiger partial charge >= 0.3 is 5.97 Å². The molecule has 0 unspecified atom stereocenters. The first kappa shape index (κ1) is 68.0. The molecule has 8 amide bonds. The lowest BCUT2D eigenvalue weighted by Crippen LogP contribution is -2.59. The van der Waals surface area contributed by atoms with Gasteiger partial charge in [-0.3, -0.25) is 47.9 Å². The Bertz CT molecular complexity index is 2990. The number of anilines is 1. The summed E-state index contributed by atoms with van der Waals surface area (Å²) in [7, 11) is 3.24. The number of piperidine rings is 1. The highest BCUT2D eigenvalue weighted by Crippen LogP contribution is 2.26. The zero-order valence-corrected chi connectivity index (χ0v) is 50.9. The van der Waals surface area contributed by atoms with Crippen molar-refractivity contribution in [2.45, 2.75) is 143 Å². The Morgan fingerprint density at radius 1 is 0.744 bits per heavy atom. The van der Waals surface area contributed by atoms with Crippen molar-refractivity contribution in [2.75, 3.05) is 45.7 Å². The molecule has 1 fully saturated rings. The number of benzene rings is 4. The van der Waals surface area contributed by atoms with E-state index in [4.69, 9.17) is 9.47 Å². The number of hydrogen-bond acceptors (Lipinski definition) is 13. The van der Waals surface area contributed by atoms with E-state index in [1.807, 2.05) is 33.8 Å². The third-order valence-corrected chi connectivity index (χ3v) is 15.0. The fourth-order valence-corrected chi connectivity index (χ4v) is 9.92. The summed E-state index contributed by atoms with van der Waals surface area (Å²) in [6, 6.07) is 25.3. The van der Waals surface area contributed by atoms with Crippen molar-refractivity contribution in [3.8, 4) is 0 Å². The summed E-state index contributed by atoms with van der Waals surface area (Å²) < 4.78 is 10.4. The predicted molar refractivity (Wildman–Crippen MR) is 322 cm³/mol. The van der Waals surface area contributed by atoms with Crippen LogP contribution in [-0.2, 0) is 77.0 Å². The number of amides is 8. The number of esters is 1. The van der Waals surface area contributed by atoms with E-state index < -0.39 is 82.8 Å². The SMILES string of the molecule is CCCN(C(=O)[C@H](Cc1ccc(CNC(=O)c2ccccc2)cc1)NC(=O)[C@@H](NC(=O)CCC(=O)Nc1cccc(COC(=O)[C@@H]2CCCCN2C(=O)C(=O)C(C)(C)COC=O)c1)c1ccccc1)[C@H](C)C(=O)N(C)[C@@H](CC(C)C)C(=O)N(C)CC. The monoisotopic (exact) mass is 1180 g/mol. The highest BCUT2D eigenvalue weighted by atomic mass is 16.5. The maximum absolute atomic E-state index is 15.2. The molecular formula is C65H84N8O13. The van der Waals surface area contributed by atoms with Crippen molar-refractivity contribution in [3.63, 3.8) is 0 Å². The minimum absolute atomic E-state index is 0.0460. The molecule has 5 atom stereocenters. The Balaban J connectivity index is 1.30. The molecule has 0 bridgehead atoms. The van der Waals surface area contributed by atoms with Gasteiger partial charge in [-0.2, -0.15) is 0 Å². The van der Waals surface area contributed by atoms with E-state index in [1.54, 1.807) is 129 Å². The molecular weight excluding hydrogens is 1100 g/mol. The van der Waals surface area contributed by atoms with E-state index in [2.05, 4.69) is 21.3 Å². The standard InChI is InChI=1S/C65H84N8O13/c1-10-34-72(44(5)60(80)71(9)53(36-43(3)4)62(82)70(8)11-2)61(81)51(38-45-28-30-46(31-29-45)39-66-58(78)49-24-16-13-17-25-49)68-59(79)56(48-22-14-12-15-23-48)69-55(76)33-32-54(75)67-50-26-20-21-47(37-50)40-86-64(84)52-27-18-19-35-73(52)63(83)57(77)65(6,7)41-85-42-74/h12-17,20-26,28-31,37,42-44,51-53,56H,10-11,18-19,27,32-36,38-41H2,1-9H3,(H,66,78)(H,67,75)(H,68,79)(H,69,76)/t44-,51+,52+,53+,56+/m1/s1. The van der Waals surface area contributed by atoms with Gasteiger partial charge in [0.15, 0.2) is 0 Å². The van der Waals surface area contributed by atoms with Gasteiger partial charge < -0.3 is 50.3 Å². The van der Waals surface area contributed by atoms with E-state index in [9.17, 15) is 47.9 Å². The lowest BCUT2D eigenvalue weighted by molar-refractivity contribution is -0.162. The van der Waals surface area contributed by atoms with Crippen LogP contribution >= 0.6 is 0 Å². The average Bonchev–Trinajstić information content (AvgIpc) is 2.27. The van der Waals surface area contributed by atoms with Crippen LogP contribution in [0.1, 0.15) is 132 Å². The number of hydrogen-bond donors (Lipinski definition) is 4. The summed E-state index contributed by atoms with van der Waals surface area (Å²) >= 11 is 0. The van der Waals surface area contributed by atoms with Gasteiger partial charge in [-0.25, -0.2) is 4.79 Å². The molecule has 4 N–H and O–H groups in total. The van der Waals surface area contributed by atoms with Crippen LogP contribution in [0.3, 0.4) is 0 Å². The highest BCUT2D eigenvalue weighted by Gasteiger charge is 2.42. The molecule has 0 saturated carbocycles. The van der Waals surface area contributed by atoms with Gasteiger partial charge in [0, 0.05) is 70.8 Å². The van der Waals surface area contributed by atoms with Gasteiger partial charge in [0.25, 0.3) is 18.3 Å². The Kier molecular flexibility index (Phi) is 26.2. The molecule has 1 aliphatic rings. The minimum atomic E-state index is -1.35. The smallest absolute Gasteiger partial charge is 0.329 e. The van der Waals surface area contributed by atoms with Crippen LogP contribution in [0.25, 0.3) is 0 Å². The predicted octanol–water partition coefficient (Wildman–Crippen LogP) is 6.09. The number of nitrogens with one attached hydrogen (secondary N) is 4. The molecule has 0 aliphatic carbocycles. The van der Waals surface area contributed by atoms with E-state index in [-0.39, 0.29) is 82.7 Å². The van der Waals surface area contributed by atoms with Gasteiger partial charge in [-0.05, 0) is 112 Å². The first-order valence-electron chi connectivity index (χ1n) is 29.3. The molecule has 0 aromatic heterocycles. The van der Waals surface area contributed by atoms with Crippen molar-refractivity contribution in [3.05, 3.63) is 137 Å². The average molecular weight is 1190 g/mol. The van der Waals surface area contributed by atoms with E-state index in [1.165, 1.54) is 28.5 Å². The Hall–Kier alpha value is -8.75. The number of carbonyl (C=O) groups is 11. The summed E-state index contributed by atoms with van der Waals surface area (Å²) in [5.74, 6) is -5.81. The summed E-state index contributed by atoms with van der Waals surface area (Å²) in [5.41, 5.74) is 1.80. The quantitative estimate of drug-likeness (QED) is 0.0253. The lowest BCUT2D eigenvalue weighted by Gasteiger charge is -2.37.